The van der Waals surface area contributed by atoms with Crippen LogP contribution in [0.4, 0.5) is 5.69 Å². The maximum atomic E-state index is 13.0. The molecule has 5 nitrogen and oxygen atoms in total. The second-order valence-electron chi connectivity index (χ2n) is 7.78. The number of benzene rings is 1. The summed E-state index contributed by atoms with van der Waals surface area (Å²) in [6.45, 7) is 10.1. The van der Waals surface area contributed by atoms with Crippen molar-refractivity contribution in [2.75, 3.05) is 57.9 Å². The van der Waals surface area contributed by atoms with Crippen LogP contribution in [0.25, 0.3) is 0 Å². The van der Waals surface area contributed by atoms with Crippen molar-refractivity contribution in [3.05, 3.63) is 30.3 Å². The van der Waals surface area contributed by atoms with Crippen molar-refractivity contribution >= 4 is 11.6 Å². The number of hydrogen-bond donors (Lipinski definition) is 0. The Morgan fingerprint density at radius 3 is 2.56 bits per heavy atom. The number of carbonyl (C=O) groups is 1. The van der Waals surface area contributed by atoms with Crippen LogP contribution in [0.15, 0.2) is 30.3 Å². The molecule has 0 spiro atoms. The van der Waals surface area contributed by atoms with Crippen molar-refractivity contribution in [2.24, 2.45) is 5.92 Å². The number of hydrogen-bond acceptors (Lipinski definition) is 4. The zero-order valence-corrected chi connectivity index (χ0v) is 15.8. The van der Waals surface area contributed by atoms with Crippen LogP contribution in [-0.4, -0.2) is 74.2 Å². The third-order valence-corrected chi connectivity index (χ3v) is 5.61. The van der Waals surface area contributed by atoms with Crippen LogP contribution in [0.2, 0.25) is 0 Å². The topological polar surface area (TPSA) is 36.0 Å². The molecule has 1 atom stereocenters. The summed E-state index contributed by atoms with van der Waals surface area (Å²) in [4.78, 5) is 19.6. The van der Waals surface area contributed by atoms with Crippen LogP contribution in [-0.2, 0) is 9.53 Å². The van der Waals surface area contributed by atoms with Crippen molar-refractivity contribution in [2.45, 2.75) is 25.8 Å². The molecule has 1 amide bonds. The van der Waals surface area contributed by atoms with Gasteiger partial charge < -0.3 is 14.5 Å². The number of nitrogens with zero attached hydrogens (tertiary/aromatic N) is 3. The predicted octanol–water partition coefficient (Wildman–Crippen LogP) is 2.08. The van der Waals surface area contributed by atoms with E-state index < -0.39 is 5.54 Å². The highest BCUT2D eigenvalue weighted by atomic mass is 16.5. The lowest BCUT2D eigenvalue weighted by Gasteiger charge is -2.41. The molecular weight excluding hydrogens is 314 g/mol. The molecule has 2 fully saturated rings. The van der Waals surface area contributed by atoms with Gasteiger partial charge >= 0.3 is 0 Å². The Morgan fingerprint density at radius 1 is 1.20 bits per heavy atom. The van der Waals surface area contributed by atoms with Crippen molar-refractivity contribution < 1.29 is 9.53 Å². The zero-order valence-electron chi connectivity index (χ0n) is 15.8. The Kier molecular flexibility index (Phi) is 5.64. The van der Waals surface area contributed by atoms with E-state index in [1.54, 1.807) is 0 Å². The number of ether oxygens (including phenoxy) is 1. The van der Waals surface area contributed by atoms with Crippen LogP contribution in [0.3, 0.4) is 0 Å². The fourth-order valence-corrected chi connectivity index (χ4v) is 4.05. The Labute approximate surface area is 151 Å². The lowest BCUT2D eigenvalue weighted by molar-refractivity contribution is -0.144. The highest BCUT2D eigenvalue weighted by Gasteiger charge is 2.38. The molecular formula is C20H31N3O2. The van der Waals surface area contributed by atoms with Crippen LogP contribution < -0.4 is 4.90 Å². The Hall–Kier alpha value is -1.59. The molecule has 1 aromatic rings. The zero-order chi connectivity index (χ0) is 17.9. The highest BCUT2D eigenvalue weighted by Crippen LogP contribution is 2.25. The maximum Gasteiger partial charge on any atom is 0.242 e. The summed E-state index contributed by atoms with van der Waals surface area (Å²) in [6.07, 6.45) is 1.14. The number of amides is 1. The molecule has 0 aliphatic carbocycles. The molecule has 1 aromatic carbocycles. The number of para-hydroxylation sites is 1. The SMILES string of the molecule is CN(C[C@@H]1CCN(c2ccccc2)C1)C(=O)C(C)(C)N1CCOCC1. The molecule has 0 saturated carbocycles. The molecule has 0 unspecified atom stereocenters. The second kappa shape index (κ2) is 7.75. The van der Waals surface area contributed by atoms with E-state index in [4.69, 9.17) is 4.74 Å². The van der Waals surface area contributed by atoms with Crippen molar-refractivity contribution in [1.82, 2.24) is 9.80 Å². The maximum absolute atomic E-state index is 13.0. The molecule has 2 aliphatic rings. The lowest BCUT2D eigenvalue weighted by atomic mass is 9.99. The van der Waals surface area contributed by atoms with E-state index in [2.05, 4.69) is 40.1 Å². The molecule has 0 bridgehead atoms. The molecule has 25 heavy (non-hydrogen) atoms. The van der Waals surface area contributed by atoms with Gasteiger partial charge in [0.1, 0.15) is 0 Å². The summed E-state index contributed by atoms with van der Waals surface area (Å²) in [6, 6.07) is 10.6. The first-order chi connectivity index (χ1) is 12.0. The molecule has 2 heterocycles. The average Bonchev–Trinajstić information content (AvgIpc) is 3.11. The van der Waals surface area contributed by atoms with E-state index in [1.807, 2.05) is 25.8 Å². The molecule has 0 radical (unpaired) electrons. The van der Waals surface area contributed by atoms with E-state index >= 15 is 0 Å². The van der Waals surface area contributed by atoms with Gasteiger partial charge in [-0.3, -0.25) is 9.69 Å². The highest BCUT2D eigenvalue weighted by molar-refractivity contribution is 5.85. The number of morpholine rings is 1. The molecule has 5 heteroatoms. The first-order valence-corrected chi connectivity index (χ1v) is 9.37. The minimum atomic E-state index is -0.462. The van der Waals surface area contributed by atoms with Crippen LogP contribution in [0.5, 0.6) is 0 Å². The van der Waals surface area contributed by atoms with E-state index in [0.717, 1.165) is 52.4 Å². The van der Waals surface area contributed by atoms with Gasteiger partial charge in [0, 0.05) is 45.5 Å². The Balaban J connectivity index is 1.55. The third-order valence-electron chi connectivity index (χ3n) is 5.61. The summed E-state index contributed by atoms with van der Waals surface area (Å²) in [5.41, 5.74) is 0.823. The standard InChI is InChI=1S/C20H31N3O2/c1-20(2,23-11-13-25-14-12-23)19(24)21(3)15-17-9-10-22(16-17)18-7-5-4-6-8-18/h4-8,17H,9-16H2,1-3H3/t17-/m0/s1. The first-order valence-electron chi connectivity index (χ1n) is 9.37. The Bertz CT molecular complexity index is 570. The van der Waals surface area contributed by atoms with Gasteiger partial charge in [-0.15, -0.1) is 0 Å². The monoisotopic (exact) mass is 345 g/mol. The van der Waals surface area contributed by atoms with Crippen molar-refractivity contribution in [1.29, 1.82) is 0 Å². The summed E-state index contributed by atoms with van der Waals surface area (Å²) in [5.74, 6) is 0.752. The first kappa shape index (κ1) is 18.2. The van der Waals surface area contributed by atoms with Crippen molar-refractivity contribution in [3.63, 3.8) is 0 Å². The van der Waals surface area contributed by atoms with Gasteiger partial charge in [-0.05, 0) is 38.3 Å². The van der Waals surface area contributed by atoms with Crippen LogP contribution in [0, 0.1) is 5.92 Å². The van der Waals surface area contributed by atoms with Gasteiger partial charge in [-0.2, -0.15) is 0 Å². The van der Waals surface area contributed by atoms with Gasteiger partial charge in [0.25, 0.3) is 0 Å². The van der Waals surface area contributed by atoms with E-state index in [9.17, 15) is 4.79 Å². The van der Waals surface area contributed by atoms with E-state index in [-0.39, 0.29) is 5.91 Å². The fourth-order valence-electron chi connectivity index (χ4n) is 4.05. The van der Waals surface area contributed by atoms with E-state index in [1.165, 1.54) is 5.69 Å². The van der Waals surface area contributed by atoms with Gasteiger partial charge in [0.15, 0.2) is 0 Å². The summed E-state index contributed by atoms with van der Waals surface area (Å²) in [5, 5.41) is 0. The van der Waals surface area contributed by atoms with Gasteiger partial charge in [-0.25, -0.2) is 0 Å². The summed E-state index contributed by atoms with van der Waals surface area (Å²) < 4.78 is 5.42. The minimum Gasteiger partial charge on any atom is -0.379 e. The van der Waals surface area contributed by atoms with Crippen molar-refractivity contribution in [3.8, 4) is 0 Å². The molecule has 0 aromatic heterocycles. The average molecular weight is 345 g/mol. The summed E-state index contributed by atoms with van der Waals surface area (Å²) >= 11 is 0. The number of carbonyl (C=O) groups excluding carboxylic acids is 1. The molecule has 0 N–H and O–H groups in total. The van der Waals surface area contributed by atoms with Crippen LogP contribution >= 0.6 is 0 Å². The normalized spacial score (nSPS) is 22.2. The molecule has 2 saturated heterocycles. The smallest absolute Gasteiger partial charge is 0.242 e. The number of rotatable bonds is 5. The van der Waals surface area contributed by atoms with Gasteiger partial charge in [-0.1, -0.05) is 18.2 Å². The third kappa shape index (κ3) is 4.15. The Morgan fingerprint density at radius 2 is 1.88 bits per heavy atom. The largest absolute Gasteiger partial charge is 0.379 e. The lowest BCUT2D eigenvalue weighted by Crippen LogP contribution is -2.58. The van der Waals surface area contributed by atoms with E-state index in [0.29, 0.717) is 5.92 Å². The molecule has 138 valence electrons. The summed E-state index contributed by atoms with van der Waals surface area (Å²) in [7, 11) is 1.95. The predicted molar refractivity (Wildman–Crippen MR) is 101 cm³/mol. The van der Waals surface area contributed by atoms with Crippen LogP contribution in [0.1, 0.15) is 20.3 Å². The molecule has 2 aliphatic heterocycles. The van der Waals surface area contributed by atoms with Gasteiger partial charge in [0.05, 0.1) is 18.8 Å². The minimum absolute atomic E-state index is 0.215. The van der Waals surface area contributed by atoms with Gasteiger partial charge in [0.2, 0.25) is 5.91 Å². The number of likely N-dealkylation sites (N-methyl/N-ethyl adjacent to an activating group) is 1. The fraction of sp³-hybridized carbons (Fsp3) is 0.650. The quantitative estimate of drug-likeness (QED) is 0.819. The number of anilines is 1. The molecule has 3 rings (SSSR count). The second-order valence-corrected chi connectivity index (χ2v) is 7.78.